The summed E-state index contributed by atoms with van der Waals surface area (Å²) in [7, 11) is 0. The normalized spacial score (nSPS) is 15.5. The molecule has 1 aliphatic rings. The van der Waals surface area contributed by atoms with Gasteiger partial charge in [-0.1, -0.05) is 54.6 Å². The minimum absolute atomic E-state index is 0.0195. The standard InChI is InChI=1S/C22H26N2O4/c25-15-22(13-17-8-4-5-9-18(17)14-22)24-21(28)23-19(10-11-20(26)27)12-16-6-2-1-3-7-16/h1-9,19,25H,10-15H2,(H,26,27)(H2,23,24,28). The van der Waals surface area contributed by atoms with E-state index in [0.29, 0.717) is 25.7 Å². The zero-order valence-corrected chi connectivity index (χ0v) is 15.7. The van der Waals surface area contributed by atoms with Crippen molar-refractivity contribution in [2.75, 3.05) is 6.61 Å². The molecule has 28 heavy (non-hydrogen) atoms. The molecule has 2 amide bonds. The van der Waals surface area contributed by atoms with Crippen LogP contribution in [0.1, 0.15) is 29.5 Å². The number of hydrogen-bond acceptors (Lipinski definition) is 3. The molecule has 0 aliphatic heterocycles. The highest BCUT2D eigenvalue weighted by Crippen LogP contribution is 2.29. The average Bonchev–Trinajstić information content (AvgIpc) is 3.05. The molecule has 4 N–H and O–H groups in total. The third-order valence-corrected chi connectivity index (χ3v) is 5.22. The van der Waals surface area contributed by atoms with Crippen molar-refractivity contribution in [1.82, 2.24) is 10.6 Å². The average molecular weight is 382 g/mol. The number of rotatable bonds is 8. The Bertz CT molecular complexity index is 797. The monoisotopic (exact) mass is 382 g/mol. The lowest BCUT2D eigenvalue weighted by molar-refractivity contribution is -0.137. The lowest BCUT2D eigenvalue weighted by Crippen LogP contribution is -2.57. The molecule has 1 unspecified atom stereocenters. The molecule has 0 fully saturated rings. The van der Waals surface area contributed by atoms with Gasteiger partial charge < -0.3 is 20.8 Å². The van der Waals surface area contributed by atoms with Crippen LogP contribution in [-0.2, 0) is 24.1 Å². The van der Waals surface area contributed by atoms with Crippen LogP contribution in [0.3, 0.4) is 0 Å². The molecule has 3 rings (SSSR count). The van der Waals surface area contributed by atoms with Gasteiger partial charge in [0.1, 0.15) is 0 Å². The van der Waals surface area contributed by atoms with Crippen molar-refractivity contribution in [2.45, 2.75) is 43.7 Å². The van der Waals surface area contributed by atoms with Crippen LogP contribution in [0.5, 0.6) is 0 Å². The van der Waals surface area contributed by atoms with Crippen molar-refractivity contribution >= 4 is 12.0 Å². The van der Waals surface area contributed by atoms with E-state index in [-0.39, 0.29) is 25.1 Å². The van der Waals surface area contributed by atoms with Gasteiger partial charge in [0.15, 0.2) is 0 Å². The molecule has 0 radical (unpaired) electrons. The van der Waals surface area contributed by atoms with E-state index in [1.165, 1.54) is 0 Å². The third-order valence-electron chi connectivity index (χ3n) is 5.22. The van der Waals surface area contributed by atoms with Crippen LogP contribution in [0.2, 0.25) is 0 Å². The number of carboxylic acids is 1. The fraction of sp³-hybridized carbons (Fsp3) is 0.364. The maximum Gasteiger partial charge on any atom is 0.315 e. The summed E-state index contributed by atoms with van der Waals surface area (Å²) < 4.78 is 0. The smallest absolute Gasteiger partial charge is 0.315 e. The number of aliphatic carboxylic acids is 1. The number of fused-ring (bicyclic) bond motifs is 1. The number of amides is 2. The van der Waals surface area contributed by atoms with Gasteiger partial charge >= 0.3 is 12.0 Å². The number of urea groups is 1. The molecule has 0 saturated carbocycles. The Morgan fingerprint density at radius 1 is 1.00 bits per heavy atom. The van der Waals surface area contributed by atoms with Gasteiger partial charge in [-0.25, -0.2) is 4.79 Å². The molecule has 0 spiro atoms. The van der Waals surface area contributed by atoms with E-state index in [0.717, 1.165) is 16.7 Å². The van der Waals surface area contributed by atoms with Gasteiger partial charge in [-0.3, -0.25) is 4.79 Å². The lowest BCUT2D eigenvalue weighted by atomic mass is 9.97. The molecular formula is C22H26N2O4. The first-order chi connectivity index (χ1) is 13.5. The van der Waals surface area contributed by atoms with E-state index >= 15 is 0 Å². The minimum Gasteiger partial charge on any atom is -0.481 e. The Morgan fingerprint density at radius 2 is 1.61 bits per heavy atom. The Hall–Kier alpha value is -2.86. The van der Waals surface area contributed by atoms with Crippen LogP contribution in [0.15, 0.2) is 54.6 Å². The van der Waals surface area contributed by atoms with E-state index in [2.05, 4.69) is 10.6 Å². The zero-order chi connectivity index (χ0) is 20.0. The number of carboxylic acid groups (broad SMARTS) is 1. The van der Waals surface area contributed by atoms with Gasteiger partial charge in [-0.2, -0.15) is 0 Å². The topological polar surface area (TPSA) is 98.7 Å². The van der Waals surface area contributed by atoms with Crippen molar-refractivity contribution in [3.63, 3.8) is 0 Å². The molecular weight excluding hydrogens is 356 g/mol. The minimum atomic E-state index is -0.890. The van der Waals surface area contributed by atoms with Crippen LogP contribution >= 0.6 is 0 Å². The summed E-state index contributed by atoms with van der Waals surface area (Å²) in [5.41, 5.74) is 2.56. The maximum absolute atomic E-state index is 12.7. The second kappa shape index (κ2) is 8.89. The Labute approximate surface area is 164 Å². The largest absolute Gasteiger partial charge is 0.481 e. The van der Waals surface area contributed by atoms with E-state index in [1.807, 2.05) is 54.6 Å². The molecule has 0 aromatic heterocycles. The third kappa shape index (κ3) is 5.10. The Balaban J connectivity index is 1.64. The van der Waals surface area contributed by atoms with Gasteiger partial charge in [-0.15, -0.1) is 0 Å². The molecule has 0 heterocycles. The summed E-state index contributed by atoms with van der Waals surface area (Å²) in [6.07, 6.45) is 2.02. The van der Waals surface area contributed by atoms with Crippen LogP contribution in [-0.4, -0.2) is 40.4 Å². The number of aliphatic hydroxyl groups excluding tert-OH is 1. The molecule has 6 heteroatoms. The first kappa shape index (κ1) is 19.9. The number of hydrogen-bond donors (Lipinski definition) is 4. The fourth-order valence-electron chi connectivity index (χ4n) is 3.82. The molecule has 0 saturated heterocycles. The number of nitrogens with one attached hydrogen (secondary N) is 2. The Kier molecular flexibility index (Phi) is 6.31. The number of carbonyl (C=O) groups is 2. The van der Waals surface area contributed by atoms with Gasteiger partial charge in [0, 0.05) is 12.5 Å². The quantitative estimate of drug-likeness (QED) is 0.563. The second-order valence-corrected chi connectivity index (χ2v) is 7.48. The molecule has 1 atom stereocenters. The predicted octanol–water partition coefficient (Wildman–Crippen LogP) is 2.29. The van der Waals surface area contributed by atoms with Gasteiger partial charge in [0.25, 0.3) is 0 Å². The molecule has 6 nitrogen and oxygen atoms in total. The molecule has 1 aliphatic carbocycles. The second-order valence-electron chi connectivity index (χ2n) is 7.48. The lowest BCUT2D eigenvalue weighted by Gasteiger charge is -2.29. The van der Waals surface area contributed by atoms with Gasteiger partial charge in [-0.05, 0) is 42.4 Å². The Morgan fingerprint density at radius 3 is 2.18 bits per heavy atom. The molecule has 0 bridgehead atoms. The van der Waals surface area contributed by atoms with Gasteiger partial charge in [0.2, 0.25) is 0 Å². The van der Waals surface area contributed by atoms with Crippen LogP contribution in [0.4, 0.5) is 4.79 Å². The van der Waals surface area contributed by atoms with Crippen LogP contribution < -0.4 is 10.6 Å². The van der Waals surface area contributed by atoms with Crippen molar-refractivity contribution < 1.29 is 19.8 Å². The summed E-state index contributed by atoms with van der Waals surface area (Å²) in [5.74, 6) is -0.890. The molecule has 2 aromatic carbocycles. The number of carbonyl (C=O) groups excluding carboxylic acids is 1. The molecule has 148 valence electrons. The zero-order valence-electron chi connectivity index (χ0n) is 15.7. The summed E-state index contributed by atoms with van der Waals surface area (Å²) in [6.45, 7) is -0.159. The number of aliphatic hydroxyl groups is 1. The summed E-state index contributed by atoms with van der Waals surface area (Å²) >= 11 is 0. The van der Waals surface area contributed by atoms with E-state index in [4.69, 9.17) is 5.11 Å². The van der Waals surface area contributed by atoms with Crippen molar-refractivity contribution in [3.8, 4) is 0 Å². The SMILES string of the molecule is O=C(O)CCC(Cc1ccccc1)NC(=O)NC1(CO)Cc2ccccc2C1. The van der Waals surface area contributed by atoms with Crippen molar-refractivity contribution in [1.29, 1.82) is 0 Å². The van der Waals surface area contributed by atoms with E-state index in [1.54, 1.807) is 0 Å². The van der Waals surface area contributed by atoms with Crippen LogP contribution in [0, 0.1) is 0 Å². The van der Waals surface area contributed by atoms with Crippen molar-refractivity contribution in [2.24, 2.45) is 0 Å². The highest BCUT2D eigenvalue weighted by atomic mass is 16.4. The fourth-order valence-corrected chi connectivity index (χ4v) is 3.82. The highest BCUT2D eigenvalue weighted by Gasteiger charge is 2.38. The van der Waals surface area contributed by atoms with Gasteiger partial charge in [0.05, 0.1) is 12.1 Å². The summed E-state index contributed by atoms with van der Waals surface area (Å²) in [6, 6.07) is 16.9. The van der Waals surface area contributed by atoms with E-state index < -0.39 is 11.5 Å². The van der Waals surface area contributed by atoms with E-state index in [9.17, 15) is 14.7 Å². The first-order valence-electron chi connectivity index (χ1n) is 9.52. The number of benzene rings is 2. The first-order valence-corrected chi connectivity index (χ1v) is 9.52. The molecule has 2 aromatic rings. The van der Waals surface area contributed by atoms with Crippen molar-refractivity contribution in [3.05, 3.63) is 71.3 Å². The maximum atomic E-state index is 12.7. The highest BCUT2D eigenvalue weighted by molar-refractivity contribution is 5.76. The van der Waals surface area contributed by atoms with Crippen LogP contribution in [0.25, 0.3) is 0 Å². The predicted molar refractivity (Wildman–Crippen MR) is 106 cm³/mol. The summed E-state index contributed by atoms with van der Waals surface area (Å²) in [5, 5.41) is 24.8. The summed E-state index contributed by atoms with van der Waals surface area (Å²) in [4.78, 5) is 23.7.